The zero-order valence-corrected chi connectivity index (χ0v) is 11.8. The molecule has 96 valence electrons. The Kier molecular flexibility index (Phi) is 3.31. The van der Waals surface area contributed by atoms with E-state index in [-0.39, 0.29) is 5.82 Å². The highest BCUT2D eigenvalue weighted by molar-refractivity contribution is 7.22. The normalized spacial score (nSPS) is 10.9. The largest absolute Gasteiger partial charge is 0.331 e. The van der Waals surface area contributed by atoms with Crippen molar-refractivity contribution < 1.29 is 4.39 Å². The summed E-state index contributed by atoms with van der Waals surface area (Å²) >= 11 is 13.2. The van der Waals surface area contributed by atoms with Crippen LogP contribution < -0.4 is 5.32 Å². The number of fused-ring (bicyclic) bond motifs is 1. The first-order valence-corrected chi connectivity index (χ1v) is 6.97. The van der Waals surface area contributed by atoms with Crippen LogP contribution in [0.1, 0.15) is 0 Å². The molecule has 0 amide bonds. The number of nitrogens with one attached hydrogen (secondary N) is 1. The Morgan fingerprint density at radius 2 is 1.89 bits per heavy atom. The highest BCUT2D eigenvalue weighted by atomic mass is 35.5. The number of hydrogen-bond acceptors (Lipinski definition) is 3. The molecule has 0 atom stereocenters. The molecule has 0 unspecified atom stereocenters. The fourth-order valence-electron chi connectivity index (χ4n) is 1.65. The van der Waals surface area contributed by atoms with Crippen LogP contribution >= 0.6 is 34.5 Å². The van der Waals surface area contributed by atoms with E-state index in [1.165, 1.54) is 23.5 Å². The standard InChI is InChI=1S/C13H7Cl2FN2S/c14-9-3-2-8(6-10(9)15)17-13-18-11-5-7(16)1-4-12(11)19-13/h1-6H,(H,17,18). The van der Waals surface area contributed by atoms with Crippen LogP contribution in [0.5, 0.6) is 0 Å². The average molecular weight is 313 g/mol. The minimum absolute atomic E-state index is 0.293. The topological polar surface area (TPSA) is 24.9 Å². The summed E-state index contributed by atoms with van der Waals surface area (Å²) < 4.78 is 14.0. The molecule has 0 fully saturated rings. The fourth-order valence-corrected chi connectivity index (χ4v) is 2.82. The number of anilines is 2. The van der Waals surface area contributed by atoms with Crippen LogP contribution in [-0.2, 0) is 0 Å². The molecule has 1 heterocycles. The lowest BCUT2D eigenvalue weighted by molar-refractivity contribution is 0.629. The quantitative estimate of drug-likeness (QED) is 0.677. The van der Waals surface area contributed by atoms with Crippen LogP contribution in [0.25, 0.3) is 10.2 Å². The zero-order valence-electron chi connectivity index (χ0n) is 9.45. The van der Waals surface area contributed by atoms with E-state index >= 15 is 0 Å². The monoisotopic (exact) mass is 312 g/mol. The lowest BCUT2D eigenvalue weighted by Gasteiger charge is -2.03. The molecule has 6 heteroatoms. The molecule has 3 rings (SSSR count). The number of thiazole rings is 1. The minimum atomic E-state index is -0.293. The molecule has 0 aliphatic carbocycles. The van der Waals surface area contributed by atoms with Crippen LogP contribution in [0.4, 0.5) is 15.2 Å². The average Bonchev–Trinajstić information content (AvgIpc) is 2.75. The Hall–Kier alpha value is -1.36. The van der Waals surface area contributed by atoms with E-state index in [1.54, 1.807) is 24.3 Å². The number of hydrogen-bond donors (Lipinski definition) is 1. The third-order valence-electron chi connectivity index (χ3n) is 2.52. The van der Waals surface area contributed by atoms with Crippen molar-refractivity contribution >= 4 is 55.6 Å². The summed E-state index contributed by atoms with van der Waals surface area (Å²) in [5.41, 5.74) is 1.42. The third-order valence-corrected chi connectivity index (χ3v) is 4.21. The SMILES string of the molecule is Fc1ccc2sc(Nc3ccc(Cl)c(Cl)c3)nc2c1. The molecule has 1 N–H and O–H groups in total. The molecule has 19 heavy (non-hydrogen) atoms. The molecule has 0 saturated carbocycles. The van der Waals surface area contributed by atoms with E-state index in [0.717, 1.165) is 10.4 Å². The molecule has 3 aromatic rings. The molecular formula is C13H7Cl2FN2S. The van der Waals surface area contributed by atoms with E-state index in [4.69, 9.17) is 23.2 Å². The highest BCUT2D eigenvalue weighted by Gasteiger charge is 2.06. The number of rotatable bonds is 2. The molecule has 2 nitrogen and oxygen atoms in total. The van der Waals surface area contributed by atoms with Crippen molar-refractivity contribution in [3.05, 3.63) is 52.3 Å². The van der Waals surface area contributed by atoms with Crippen molar-refractivity contribution in [3.63, 3.8) is 0 Å². The van der Waals surface area contributed by atoms with Gasteiger partial charge in [0.25, 0.3) is 0 Å². The lowest BCUT2D eigenvalue weighted by Crippen LogP contribution is -1.88. The smallest absolute Gasteiger partial charge is 0.188 e. The Morgan fingerprint density at radius 3 is 2.68 bits per heavy atom. The Labute approximate surface area is 122 Å². The van der Waals surface area contributed by atoms with Crippen molar-refractivity contribution in [1.29, 1.82) is 0 Å². The minimum Gasteiger partial charge on any atom is -0.331 e. The van der Waals surface area contributed by atoms with E-state index in [2.05, 4.69) is 10.3 Å². The van der Waals surface area contributed by atoms with E-state index < -0.39 is 0 Å². The van der Waals surface area contributed by atoms with Gasteiger partial charge in [0.15, 0.2) is 5.13 Å². The summed E-state index contributed by atoms with van der Waals surface area (Å²) in [6, 6.07) is 9.77. The second-order valence-corrected chi connectivity index (χ2v) is 5.73. The first-order valence-electron chi connectivity index (χ1n) is 5.40. The first kappa shape index (κ1) is 12.7. The summed E-state index contributed by atoms with van der Waals surface area (Å²) in [5, 5.41) is 4.77. The van der Waals surface area contributed by atoms with Crippen molar-refractivity contribution in [1.82, 2.24) is 4.98 Å². The van der Waals surface area contributed by atoms with Gasteiger partial charge < -0.3 is 5.32 Å². The van der Waals surface area contributed by atoms with E-state index in [9.17, 15) is 4.39 Å². The van der Waals surface area contributed by atoms with Crippen LogP contribution in [0.15, 0.2) is 36.4 Å². The van der Waals surface area contributed by atoms with Gasteiger partial charge >= 0.3 is 0 Å². The van der Waals surface area contributed by atoms with Gasteiger partial charge in [-0.2, -0.15) is 0 Å². The number of halogens is 3. The van der Waals surface area contributed by atoms with E-state index in [1.807, 2.05) is 0 Å². The number of benzene rings is 2. The lowest BCUT2D eigenvalue weighted by atomic mass is 10.3. The molecule has 0 bridgehead atoms. The van der Waals surface area contributed by atoms with Crippen LogP contribution in [0.3, 0.4) is 0 Å². The number of aromatic nitrogens is 1. The zero-order chi connectivity index (χ0) is 13.4. The molecule has 0 aliphatic heterocycles. The van der Waals surface area contributed by atoms with Crippen molar-refractivity contribution in [2.45, 2.75) is 0 Å². The van der Waals surface area contributed by atoms with Gasteiger partial charge in [-0.25, -0.2) is 9.37 Å². The Morgan fingerprint density at radius 1 is 1.05 bits per heavy atom. The summed E-state index contributed by atoms with van der Waals surface area (Å²) in [6.45, 7) is 0. The second kappa shape index (κ2) is 4.96. The summed E-state index contributed by atoms with van der Waals surface area (Å²) in [6.07, 6.45) is 0. The van der Waals surface area contributed by atoms with Gasteiger partial charge in [0.1, 0.15) is 5.82 Å². The number of nitrogens with zero attached hydrogens (tertiary/aromatic N) is 1. The van der Waals surface area contributed by atoms with Crippen LogP contribution in [0.2, 0.25) is 10.0 Å². The third kappa shape index (κ3) is 2.66. The molecule has 1 aromatic heterocycles. The highest BCUT2D eigenvalue weighted by Crippen LogP contribution is 2.31. The van der Waals surface area contributed by atoms with E-state index in [0.29, 0.717) is 20.7 Å². The predicted molar refractivity (Wildman–Crippen MR) is 79.3 cm³/mol. The van der Waals surface area contributed by atoms with Gasteiger partial charge in [-0.3, -0.25) is 0 Å². The molecule has 0 saturated heterocycles. The van der Waals surface area contributed by atoms with Crippen LogP contribution in [-0.4, -0.2) is 4.98 Å². The van der Waals surface area contributed by atoms with Gasteiger partial charge in [-0.15, -0.1) is 0 Å². The summed E-state index contributed by atoms with van der Waals surface area (Å²) in [7, 11) is 0. The summed E-state index contributed by atoms with van der Waals surface area (Å²) in [4.78, 5) is 4.31. The van der Waals surface area contributed by atoms with Gasteiger partial charge in [-0.05, 0) is 30.3 Å². The molecule has 0 spiro atoms. The molecular weight excluding hydrogens is 306 g/mol. The fraction of sp³-hybridized carbons (Fsp3) is 0. The van der Waals surface area contributed by atoms with Crippen molar-refractivity contribution in [2.24, 2.45) is 0 Å². The maximum Gasteiger partial charge on any atom is 0.188 e. The van der Waals surface area contributed by atoms with Gasteiger partial charge in [0, 0.05) is 11.8 Å². The van der Waals surface area contributed by atoms with Gasteiger partial charge in [0.05, 0.1) is 20.3 Å². The Balaban J connectivity index is 1.94. The van der Waals surface area contributed by atoms with Crippen molar-refractivity contribution in [2.75, 3.05) is 5.32 Å². The maximum atomic E-state index is 13.1. The Bertz CT molecular complexity index is 757. The predicted octanol–water partition coefficient (Wildman–Crippen LogP) is 5.49. The second-order valence-electron chi connectivity index (χ2n) is 3.88. The van der Waals surface area contributed by atoms with Gasteiger partial charge in [0.2, 0.25) is 0 Å². The maximum absolute atomic E-state index is 13.1. The molecule has 0 aliphatic rings. The van der Waals surface area contributed by atoms with Gasteiger partial charge in [-0.1, -0.05) is 34.5 Å². The first-order chi connectivity index (χ1) is 9.11. The summed E-state index contributed by atoms with van der Waals surface area (Å²) in [5.74, 6) is -0.293. The van der Waals surface area contributed by atoms with Crippen molar-refractivity contribution in [3.8, 4) is 0 Å². The van der Waals surface area contributed by atoms with Crippen LogP contribution in [0, 0.1) is 5.82 Å². The molecule has 0 radical (unpaired) electrons. The molecule has 2 aromatic carbocycles.